The van der Waals surface area contributed by atoms with Gasteiger partial charge in [0.2, 0.25) is 0 Å². The van der Waals surface area contributed by atoms with E-state index in [4.69, 9.17) is 11.6 Å². The first kappa shape index (κ1) is 45.3. The van der Waals surface area contributed by atoms with Gasteiger partial charge < -0.3 is 4.90 Å². The average molecular weight is 781 g/mol. The van der Waals surface area contributed by atoms with Gasteiger partial charge in [0, 0.05) is 47.5 Å². The summed E-state index contributed by atoms with van der Waals surface area (Å²) in [6.07, 6.45) is 30.9. The Morgan fingerprint density at radius 3 is 2.07 bits per heavy atom. The third kappa shape index (κ3) is 13.3. The summed E-state index contributed by atoms with van der Waals surface area (Å²) in [5.41, 5.74) is 10.3. The number of alkyl halides is 1. The maximum Gasteiger partial charge on any atom is 0.162 e. The maximum atomic E-state index is 15.2. The minimum absolute atomic E-state index is 0.251. The largest absolute Gasteiger partial charge is 0.344 e. The van der Waals surface area contributed by atoms with Gasteiger partial charge in [-0.05, 0) is 89.6 Å². The number of benzene rings is 2. The van der Waals surface area contributed by atoms with Crippen LogP contribution in [0.1, 0.15) is 170 Å². The number of rotatable bonds is 25. The topological polar surface area (TPSA) is 20.3 Å². The highest BCUT2D eigenvalue weighted by atomic mass is 35.5. The fourth-order valence-electron chi connectivity index (χ4n) is 8.37. The molecule has 0 bridgehead atoms. The molecule has 2 aliphatic rings. The fraction of sp³-hybridized carbons (Fsp3) is 0.519. The Kier molecular flexibility index (Phi) is 19.2. The van der Waals surface area contributed by atoms with Crippen LogP contribution >= 0.6 is 11.6 Å². The molecule has 4 rings (SSSR count). The van der Waals surface area contributed by atoms with E-state index in [1.807, 2.05) is 24.3 Å². The van der Waals surface area contributed by atoms with Gasteiger partial charge in [-0.2, -0.15) is 0 Å². The Hall–Kier alpha value is -3.43. The van der Waals surface area contributed by atoms with Gasteiger partial charge in [-0.3, -0.25) is 4.79 Å². The Bertz CT molecular complexity index is 1720. The lowest BCUT2D eigenvalue weighted by Crippen LogP contribution is -2.37. The standard InChI is InChI=1S/C52H71ClFNO/c1-8-11-12-13-14-15-16-17-18-19-20-21-22-26-52(56)43-31-29-41(30-32-43)28-27-39(6)48-37-55(50(10-3)38(4)5)51-35-42(9-2)45(34-47(51)40(48)7)33-44-24-23-25-46(53)36-49(44)54/h23-25,29-32,34-38,46,50H,6-22,26-28,33H2,1-5H3. The van der Waals surface area contributed by atoms with Crippen molar-refractivity contribution in [2.75, 3.05) is 4.90 Å². The molecular formula is C52H71ClFNO. The molecule has 4 heteroatoms. The van der Waals surface area contributed by atoms with Gasteiger partial charge in [0.05, 0.1) is 5.38 Å². The monoisotopic (exact) mass is 780 g/mol. The molecule has 2 atom stereocenters. The summed E-state index contributed by atoms with van der Waals surface area (Å²) in [5.74, 6) is 0.426. The fourth-order valence-corrected chi connectivity index (χ4v) is 8.56. The Morgan fingerprint density at radius 1 is 0.857 bits per heavy atom. The third-order valence-corrected chi connectivity index (χ3v) is 12.2. The summed E-state index contributed by atoms with van der Waals surface area (Å²) in [5, 5.41) is -0.453. The smallest absolute Gasteiger partial charge is 0.162 e. The molecule has 304 valence electrons. The molecule has 1 aliphatic carbocycles. The molecule has 0 saturated heterocycles. The SMILES string of the molecule is C=C(CCc1ccc(C(=O)CCCCCCCCCCCCCCC)cc1)C1=CN(C(CC)C(C)C)c2cc(CC)c(CC3=CC=CC(Cl)C=C3F)cc2C1=C. The van der Waals surface area contributed by atoms with Crippen LogP contribution in [0.3, 0.4) is 0 Å². The van der Waals surface area contributed by atoms with Gasteiger partial charge in [-0.1, -0.05) is 167 Å². The molecule has 0 radical (unpaired) electrons. The van der Waals surface area contributed by atoms with Crippen molar-refractivity contribution in [3.05, 3.63) is 130 Å². The molecule has 56 heavy (non-hydrogen) atoms. The predicted octanol–water partition coefficient (Wildman–Crippen LogP) is 15.8. The Labute approximate surface area is 345 Å². The highest BCUT2D eigenvalue weighted by Crippen LogP contribution is 2.44. The first-order chi connectivity index (χ1) is 27.1. The number of halogens is 2. The zero-order valence-corrected chi connectivity index (χ0v) is 36.3. The quantitative estimate of drug-likeness (QED) is 0.0568. The highest BCUT2D eigenvalue weighted by molar-refractivity contribution is 6.23. The number of unbranched alkanes of at least 4 members (excludes halogenated alkanes) is 12. The Morgan fingerprint density at radius 2 is 1.48 bits per heavy atom. The lowest BCUT2D eigenvalue weighted by atomic mass is 9.83. The second kappa shape index (κ2) is 23.7. The second-order valence-electron chi connectivity index (χ2n) is 16.6. The molecule has 0 spiro atoms. The summed E-state index contributed by atoms with van der Waals surface area (Å²) < 4.78 is 15.2. The molecule has 2 aromatic carbocycles. The van der Waals surface area contributed by atoms with E-state index in [-0.39, 0.29) is 11.6 Å². The highest BCUT2D eigenvalue weighted by Gasteiger charge is 2.29. The van der Waals surface area contributed by atoms with Gasteiger partial charge in [-0.15, -0.1) is 11.6 Å². The molecule has 0 N–H and O–H groups in total. The number of Topliss-reactive ketones (excluding diaryl/α,β-unsaturated/α-hetero) is 1. The Balaban J connectivity index is 1.34. The van der Waals surface area contributed by atoms with Gasteiger partial charge in [-0.25, -0.2) is 4.39 Å². The summed E-state index contributed by atoms with van der Waals surface area (Å²) in [6, 6.07) is 13.1. The number of carbonyl (C=O) groups is 1. The van der Waals surface area contributed by atoms with Crippen LogP contribution in [-0.4, -0.2) is 17.2 Å². The lowest BCUT2D eigenvalue weighted by Gasteiger charge is -2.39. The van der Waals surface area contributed by atoms with Crippen LogP contribution in [0, 0.1) is 5.92 Å². The van der Waals surface area contributed by atoms with Gasteiger partial charge >= 0.3 is 0 Å². The summed E-state index contributed by atoms with van der Waals surface area (Å²) in [4.78, 5) is 15.4. The number of hydrogen-bond donors (Lipinski definition) is 0. The van der Waals surface area contributed by atoms with E-state index in [0.717, 1.165) is 71.9 Å². The molecule has 0 amide bonds. The first-order valence-electron chi connectivity index (χ1n) is 22.1. The van der Waals surface area contributed by atoms with E-state index in [0.29, 0.717) is 30.4 Å². The third-order valence-electron chi connectivity index (χ3n) is 11.9. The summed E-state index contributed by atoms with van der Waals surface area (Å²) in [7, 11) is 0. The van der Waals surface area contributed by atoms with E-state index >= 15 is 4.39 Å². The van der Waals surface area contributed by atoms with Crippen LogP contribution in [-0.2, 0) is 19.3 Å². The minimum Gasteiger partial charge on any atom is -0.344 e. The molecule has 1 aliphatic heterocycles. The van der Waals surface area contributed by atoms with Crippen molar-refractivity contribution in [3.63, 3.8) is 0 Å². The second-order valence-corrected chi connectivity index (χ2v) is 17.1. The van der Waals surface area contributed by atoms with Crippen LogP contribution in [0.2, 0.25) is 0 Å². The van der Waals surface area contributed by atoms with Crippen LogP contribution in [0.25, 0.3) is 5.57 Å². The number of anilines is 1. The van der Waals surface area contributed by atoms with E-state index in [9.17, 15) is 4.79 Å². The number of ketones is 1. The molecule has 0 saturated carbocycles. The zero-order valence-electron chi connectivity index (χ0n) is 35.5. The van der Waals surface area contributed by atoms with Crippen molar-refractivity contribution >= 4 is 28.6 Å². The van der Waals surface area contributed by atoms with Crippen molar-refractivity contribution in [2.45, 2.75) is 168 Å². The first-order valence-corrected chi connectivity index (χ1v) is 22.6. The normalized spacial score (nSPS) is 16.0. The van der Waals surface area contributed by atoms with Crippen molar-refractivity contribution < 1.29 is 9.18 Å². The van der Waals surface area contributed by atoms with Crippen LogP contribution < -0.4 is 4.90 Å². The van der Waals surface area contributed by atoms with E-state index in [1.54, 1.807) is 6.08 Å². The number of allylic oxidation sites excluding steroid dienone is 9. The van der Waals surface area contributed by atoms with Crippen LogP contribution in [0.4, 0.5) is 10.1 Å². The molecule has 0 aromatic heterocycles. The number of aryl methyl sites for hydroxylation is 2. The molecule has 1 heterocycles. The molecule has 0 fully saturated rings. The summed E-state index contributed by atoms with van der Waals surface area (Å²) >= 11 is 6.24. The molecular weight excluding hydrogens is 709 g/mol. The van der Waals surface area contributed by atoms with E-state index in [1.165, 1.54) is 93.5 Å². The number of nitrogens with zero attached hydrogens (tertiary/aromatic N) is 1. The van der Waals surface area contributed by atoms with Crippen LogP contribution in [0.5, 0.6) is 0 Å². The summed E-state index contributed by atoms with van der Waals surface area (Å²) in [6.45, 7) is 20.5. The number of fused-ring (bicyclic) bond motifs is 1. The lowest BCUT2D eigenvalue weighted by molar-refractivity contribution is 0.0979. The van der Waals surface area contributed by atoms with Crippen molar-refractivity contribution in [1.29, 1.82) is 0 Å². The molecule has 2 nitrogen and oxygen atoms in total. The maximum absolute atomic E-state index is 15.2. The molecule has 2 unspecified atom stereocenters. The van der Waals surface area contributed by atoms with Crippen molar-refractivity contribution in [2.24, 2.45) is 5.92 Å². The van der Waals surface area contributed by atoms with Crippen LogP contribution in [0.15, 0.2) is 103 Å². The van der Waals surface area contributed by atoms with Crippen molar-refractivity contribution in [1.82, 2.24) is 0 Å². The van der Waals surface area contributed by atoms with E-state index < -0.39 is 5.38 Å². The molecule has 2 aromatic rings. The number of carbonyl (C=O) groups excluding carboxylic acids is 1. The van der Waals surface area contributed by atoms with E-state index in [2.05, 4.69) is 83.1 Å². The minimum atomic E-state index is -0.453. The number of hydrogen-bond acceptors (Lipinski definition) is 2. The van der Waals surface area contributed by atoms with Gasteiger partial charge in [0.15, 0.2) is 5.78 Å². The zero-order chi connectivity index (χ0) is 40.5. The van der Waals surface area contributed by atoms with Gasteiger partial charge in [0.1, 0.15) is 5.83 Å². The van der Waals surface area contributed by atoms with Crippen molar-refractivity contribution in [3.8, 4) is 0 Å². The van der Waals surface area contributed by atoms with Gasteiger partial charge in [0.25, 0.3) is 0 Å². The predicted molar refractivity (Wildman–Crippen MR) is 243 cm³/mol. The average Bonchev–Trinajstić information content (AvgIpc) is 3.35.